The summed E-state index contributed by atoms with van der Waals surface area (Å²) < 4.78 is 16.6. The zero-order chi connectivity index (χ0) is 14.8. The third-order valence-corrected chi connectivity index (χ3v) is 3.59. The van der Waals surface area contributed by atoms with Gasteiger partial charge < -0.3 is 14.8 Å². The van der Waals surface area contributed by atoms with Crippen molar-refractivity contribution < 1.29 is 4.39 Å². The molecule has 1 N–H and O–H groups in total. The number of pyridine rings is 1. The first kappa shape index (κ1) is 13.9. The highest BCUT2D eigenvalue weighted by Gasteiger charge is 2.22. The van der Waals surface area contributed by atoms with Gasteiger partial charge in [-0.3, -0.25) is 0 Å². The Morgan fingerprint density at radius 3 is 3.05 bits per heavy atom. The van der Waals surface area contributed by atoms with E-state index in [9.17, 15) is 4.39 Å². The Morgan fingerprint density at radius 2 is 2.24 bits per heavy atom. The van der Waals surface area contributed by atoms with Crippen LogP contribution in [0.4, 0.5) is 10.2 Å². The van der Waals surface area contributed by atoms with Crippen LogP contribution < -0.4 is 10.2 Å². The van der Waals surface area contributed by atoms with Gasteiger partial charge >= 0.3 is 0 Å². The first-order valence-corrected chi connectivity index (χ1v) is 7.13. The fourth-order valence-electron chi connectivity index (χ4n) is 2.39. The van der Waals surface area contributed by atoms with E-state index in [1.54, 1.807) is 18.6 Å². The average Bonchev–Trinajstić information content (AvgIpc) is 2.93. The topological polar surface area (TPSA) is 58.9 Å². The van der Waals surface area contributed by atoms with Gasteiger partial charge in [0.15, 0.2) is 17.5 Å². The van der Waals surface area contributed by atoms with Crippen molar-refractivity contribution in [3.8, 4) is 0 Å². The highest BCUT2D eigenvalue weighted by Crippen LogP contribution is 2.23. The molecule has 0 aliphatic carbocycles. The van der Waals surface area contributed by atoms with E-state index >= 15 is 0 Å². The van der Waals surface area contributed by atoms with Gasteiger partial charge in [-0.05, 0) is 6.07 Å². The van der Waals surface area contributed by atoms with E-state index in [1.807, 2.05) is 23.3 Å². The molecular weight excluding hydrogens is 271 g/mol. The van der Waals surface area contributed by atoms with Crippen molar-refractivity contribution in [3.05, 3.63) is 35.8 Å². The van der Waals surface area contributed by atoms with Crippen molar-refractivity contribution >= 4 is 5.82 Å². The quantitative estimate of drug-likeness (QED) is 0.920. The molecule has 7 heteroatoms. The van der Waals surface area contributed by atoms with Gasteiger partial charge in [0, 0.05) is 37.4 Å². The molecule has 0 bridgehead atoms. The van der Waals surface area contributed by atoms with E-state index in [-0.39, 0.29) is 5.82 Å². The van der Waals surface area contributed by atoms with Crippen LogP contribution in [0.15, 0.2) is 18.6 Å². The Kier molecular flexibility index (Phi) is 3.83. The minimum absolute atomic E-state index is 0.251. The van der Waals surface area contributed by atoms with Gasteiger partial charge in [-0.15, -0.1) is 10.2 Å². The average molecular weight is 290 g/mol. The lowest BCUT2D eigenvalue weighted by molar-refractivity contribution is 0.523. The molecule has 0 saturated heterocycles. The summed E-state index contributed by atoms with van der Waals surface area (Å²) in [5, 5.41) is 11.2. The molecule has 0 atom stereocenters. The number of nitrogens with one attached hydrogen (secondary N) is 1. The van der Waals surface area contributed by atoms with Gasteiger partial charge in [0.05, 0.1) is 6.54 Å². The van der Waals surface area contributed by atoms with E-state index in [0.29, 0.717) is 37.1 Å². The molecule has 6 nitrogen and oxygen atoms in total. The molecule has 1 aliphatic rings. The zero-order valence-electron chi connectivity index (χ0n) is 12.3. The molecule has 1 aliphatic heterocycles. The predicted molar refractivity (Wildman–Crippen MR) is 77.2 cm³/mol. The van der Waals surface area contributed by atoms with Crippen LogP contribution in [0.1, 0.15) is 25.2 Å². The molecule has 0 unspecified atom stereocenters. The summed E-state index contributed by atoms with van der Waals surface area (Å²) in [6.45, 7) is 6.57. The molecule has 21 heavy (non-hydrogen) atoms. The second-order valence-corrected chi connectivity index (χ2v) is 5.51. The van der Waals surface area contributed by atoms with Crippen molar-refractivity contribution in [2.45, 2.75) is 39.5 Å². The summed E-state index contributed by atoms with van der Waals surface area (Å²) in [5.74, 6) is 0.985. The number of halogens is 1. The number of rotatable bonds is 4. The second kappa shape index (κ2) is 5.77. The van der Waals surface area contributed by atoms with E-state index < -0.39 is 0 Å². The Balaban J connectivity index is 1.81. The van der Waals surface area contributed by atoms with Crippen LogP contribution >= 0.6 is 0 Å². The summed E-state index contributed by atoms with van der Waals surface area (Å²) in [5.41, 5.74) is 0.640. The Bertz CT molecular complexity index is 624. The Morgan fingerprint density at radius 1 is 1.38 bits per heavy atom. The van der Waals surface area contributed by atoms with Crippen molar-refractivity contribution in [3.63, 3.8) is 0 Å². The van der Waals surface area contributed by atoms with Crippen molar-refractivity contribution in [1.29, 1.82) is 0 Å². The minimum atomic E-state index is -0.251. The molecule has 0 radical (unpaired) electrons. The van der Waals surface area contributed by atoms with Gasteiger partial charge in [-0.2, -0.15) is 0 Å². The molecule has 3 rings (SSSR count). The first-order chi connectivity index (χ1) is 10.1. The van der Waals surface area contributed by atoms with Gasteiger partial charge in [0.1, 0.15) is 6.33 Å². The van der Waals surface area contributed by atoms with Gasteiger partial charge in [0.2, 0.25) is 0 Å². The van der Waals surface area contributed by atoms with Crippen LogP contribution in [0.3, 0.4) is 0 Å². The lowest BCUT2D eigenvalue weighted by atomic mass is 10.2. The maximum absolute atomic E-state index is 14.6. The summed E-state index contributed by atoms with van der Waals surface area (Å²) in [4.78, 5) is 6.13. The van der Waals surface area contributed by atoms with Crippen LogP contribution in [0.2, 0.25) is 0 Å². The molecule has 2 aromatic rings. The summed E-state index contributed by atoms with van der Waals surface area (Å²) >= 11 is 0. The first-order valence-electron chi connectivity index (χ1n) is 7.13. The number of aromatic nitrogens is 4. The van der Waals surface area contributed by atoms with Crippen LogP contribution in [-0.4, -0.2) is 32.3 Å². The molecular formula is C14H19FN6. The highest BCUT2D eigenvalue weighted by atomic mass is 19.1. The maximum Gasteiger partial charge on any atom is 0.170 e. The standard InChI is InChI=1S/C14H19FN6/c1-10(2)17-7-11-3-4-16-14(13(11)15)20-5-6-21-9-18-19-12(21)8-20/h3-4,9-10,17H,5-8H2,1-2H3. The van der Waals surface area contributed by atoms with E-state index in [4.69, 9.17) is 0 Å². The number of anilines is 1. The molecule has 0 aromatic carbocycles. The van der Waals surface area contributed by atoms with Crippen LogP contribution in [0.5, 0.6) is 0 Å². The summed E-state index contributed by atoms with van der Waals surface area (Å²) in [6.07, 6.45) is 3.37. The normalized spacial score (nSPS) is 14.6. The lowest BCUT2D eigenvalue weighted by Crippen LogP contribution is -2.35. The maximum atomic E-state index is 14.6. The predicted octanol–water partition coefficient (Wildman–Crippen LogP) is 1.33. The molecule has 0 spiro atoms. The fourth-order valence-corrected chi connectivity index (χ4v) is 2.39. The smallest absolute Gasteiger partial charge is 0.170 e. The number of hydrogen-bond donors (Lipinski definition) is 1. The lowest BCUT2D eigenvalue weighted by Gasteiger charge is -2.28. The fraction of sp³-hybridized carbons (Fsp3) is 0.500. The molecule has 112 valence electrons. The van der Waals surface area contributed by atoms with Crippen molar-refractivity contribution in [1.82, 2.24) is 25.1 Å². The van der Waals surface area contributed by atoms with E-state index in [0.717, 1.165) is 12.4 Å². The molecule has 0 fully saturated rings. The third kappa shape index (κ3) is 2.87. The summed E-state index contributed by atoms with van der Waals surface area (Å²) in [6, 6.07) is 2.04. The largest absolute Gasteiger partial charge is 0.345 e. The highest BCUT2D eigenvalue weighted by molar-refractivity contribution is 5.43. The third-order valence-electron chi connectivity index (χ3n) is 3.59. The van der Waals surface area contributed by atoms with Crippen molar-refractivity contribution in [2.24, 2.45) is 0 Å². The van der Waals surface area contributed by atoms with E-state index in [1.165, 1.54) is 0 Å². The molecule has 3 heterocycles. The van der Waals surface area contributed by atoms with Crippen molar-refractivity contribution in [2.75, 3.05) is 11.4 Å². The van der Waals surface area contributed by atoms with Gasteiger partial charge in [0.25, 0.3) is 0 Å². The zero-order valence-corrected chi connectivity index (χ0v) is 12.3. The molecule has 0 amide bonds. The van der Waals surface area contributed by atoms with Gasteiger partial charge in [-0.1, -0.05) is 13.8 Å². The SMILES string of the molecule is CC(C)NCc1ccnc(N2CCn3cnnc3C2)c1F. The molecule has 0 saturated carbocycles. The van der Waals surface area contributed by atoms with Crippen LogP contribution in [0.25, 0.3) is 0 Å². The van der Waals surface area contributed by atoms with Gasteiger partial charge in [-0.25, -0.2) is 9.37 Å². The molecule has 2 aromatic heterocycles. The number of hydrogen-bond acceptors (Lipinski definition) is 5. The second-order valence-electron chi connectivity index (χ2n) is 5.51. The monoisotopic (exact) mass is 290 g/mol. The van der Waals surface area contributed by atoms with E-state index in [2.05, 4.69) is 20.5 Å². The van der Waals surface area contributed by atoms with Crippen LogP contribution in [0, 0.1) is 5.82 Å². The Hall–Kier alpha value is -2.02. The van der Waals surface area contributed by atoms with Crippen LogP contribution in [-0.2, 0) is 19.6 Å². The number of fused-ring (bicyclic) bond motifs is 1. The number of nitrogens with zero attached hydrogens (tertiary/aromatic N) is 5. The minimum Gasteiger partial charge on any atom is -0.345 e. The Labute approximate surface area is 123 Å². The summed E-state index contributed by atoms with van der Waals surface area (Å²) in [7, 11) is 0.